The second kappa shape index (κ2) is 8.86. The fourth-order valence-corrected chi connectivity index (χ4v) is 3.38. The van der Waals surface area contributed by atoms with Crippen LogP contribution in [0.15, 0.2) is 60.7 Å². The quantitative estimate of drug-likeness (QED) is 0.847. The zero-order chi connectivity index (χ0) is 16.6. The van der Waals surface area contributed by atoms with Gasteiger partial charge in [-0.05, 0) is 56.0 Å². The molecule has 2 aromatic rings. The van der Waals surface area contributed by atoms with Crippen molar-refractivity contribution >= 4 is 0 Å². The van der Waals surface area contributed by atoms with Gasteiger partial charge in [-0.15, -0.1) is 0 Å². The van der Waals surface area contributed by atoms with Gasteiger partial charge < -0.3 is 14.7 Å². The summed E-state index contributed by atoms with van der Waals surface area (Å²) in [6.45, 7) is 3.19. The van der Waals surface area contributed by atoms with Crippen molar-refractivity contribution in [2.75, 3.05) is 26.2 Å². The van der Waals surface area contributed by atoms with Gasteiger partial charge in [-0.2, -0.15) is 0 Å². The molecule has 3 rings (SSSR count). The van der Waals surface area contributed by atoms with Gasteiger partial charge in [0.15, 0.2) is 0 Å². The van der Waals surface area contributed by atoms with Crippen molar-refractivity contribution in [2.24, 2.45) is 5.92 Å². The normalized spacial score (nSPS) is 17.5. The van der Waals surface area contributed by atoms with Crippen molar-refractivity contribution in [2.45, 2.75) is 25.4 Å². The van der Waals surface area contributed by atoms with Crippen LogP contribution in [0.5, 0.6) is 5.75 Å². The Morgan fingerprint density at radius 2 is 1.58 bits per heavy atom. The van der Waals surface area contributed by atoms with E-state index >= 15 is 0 Å². The first-order valence-electron chi connectivity index (χ1n) is 8.92. The molecule has 0 aromatic heterocycles. The number of hydrogen-bond donors (Lipinski definition) is 1. The summed E-state index contributed by atoms with van der Waals surface area (Å²) in [5, 5.41) is 10.2. The van der Waals surface area contributed by atoms with E-state index in [-0.39, 0.29) is 0 Å². The molecule has 0 bridgehead atoms. The van der Waals surface area contributed by atoms with Crippen molar-refractivity contribution in [3.63, 3.8) is 0 Å². The van der Waals surface area contributed by atoms with Gasteiger partial charge in [0.05, 0.1) is 0 Å². The monoisotopic (exact) mass is 325 g/mol. The van der Waals surface area contributed by atoms with Crippen LogP contribution in [-0.2, 0) is 6.42 Å². The maximum absolute atomic E-state index is 10.2. The number of β-amino-alcohol motifs (C(OH)–C–C–N with tert-alkyl or cyclic N) is 1. The van der Waals surface area contributed by atoms with Crippen LogP contribution in [0.25, 0.3) is 0 Å². The third-order valence-electron chi connectivity index (χ3n) is 4.73. The second-order valence-electron chi connectivity index (χ2n) is 6.71. The molecule has 1 heterocycles. The van der Waals surface area contributed by atoms with Gasteiger partial charge in [-0.25, -0.2) is 0 Å². The van der Waals surface area contributed by atoms with E-state index in [0.717, 1.165) is 24.8 Å². The number of nitrogens with zero attached hydrogens (tertiary/aromatic N) is 1. The van der Waals surface area contributed by atoms with Crippen LogP contribution < -0.4 is 4.74 Å². The predicted octanol–water partition coefficient (Wildman–Crippen LogP) is 3.38. The molecule has 0 radical (unpaired) electrons. The first-order chi connectivity index (χ1) is 11.8. The van der Waals surface area contributed by atoms with Crippen LogP contribution in [0.1, 0.15) is 18.4 Å². The lowest BCUT2D eigenvalue weighted by molar-refractivity contribution is 0.0550. The molecule has 0 saturated carbocycles. The number of aliphatic hydroxyl groups excluding tert-OH is 1. The summed E-state index contributed by atoms with van der Waals surface area (Å²) >= 11 is 0. The highest BCUT2D eigenvalue weighted by atomic mass is 16.5. The molecule has 1 aliphatic heterocycles. The Morgan fingerprint density at radius 3 is 2.25 bits per heavy atom. The summed E-state index contributed by atoms with van der Waals surface area (Å²) in [6.07, 6.45) is 3.16. The number of ether oxygens (including phenoxy) is 1. The Morgan fingerprint density at radius 1 is 0.958 bits per heavy atom. The number of hydrogen-bond acceptors (Lipinski definition) is 3. The summed E-state index contributed by atoms with van der Waals surface area (Å²) < 4.78 is 5.63. The summed E-state index contributed by atoms with van der Waals surface area (Å²) in [6, 6.07) is 20.4. The van der Waals surface area contributed by atoms with Gasteiger partial charge in [-0.1, -0.05) is 48.5 Å². The van der Waals surface area contributed by atoms with Crippen LogP contribution in [0.3, 0.4) is 0 Å². The topological polar surface area (TPSA) is 32.7 Å². The SMILES string of the molecule is O[C@H](COc1ccccc1)CN1CCC(Cc2ccccc2)CC1. The highest BCUT2D eigenvalue weighted by Crippen LogP contribution is 2.21. The van der Waals surface area contributed by atoms with Crippen molar-refractivity contribution in [3.05, 3.63) is 66.2 Å². The molecule has 128 valence electrons. The van der Waals surface area contributed by atoms with Crippen molar-refractivity contribution < 1.29 is 9.84 Å². The molecule has 24 heavy (non-hydrogen) atoms. The van der Waals surface area contributed by atoms with Crippen molar-refractivity contribution in [1.82, 2.24) is 4.90 Å². The molecule has 1 aliphatic rings. The number of likely N-dealkylation sites (tertiary alicyclic amines) is 1. The molecule has 0 unspecified atom stereocenters. The molecule has 2 aromatic carbocycles. The summed E-state index contributed by atoms with van der Waals surface area (Å²) in [5.74, 6) is 1.58. The Bertz CT molecular complexity index is 579. The van der Waals surface area contributed by atoms with E-state index < -0.39 is 6.10 Å². The van der Waals surface area contributed by atoms with Crippen LogP contribution in [0, 0.1) is 5.92 Å². The minimum Gasteiger partial charge on any atom is -0.491 e. The van der Waals surface area contributed by atoms with Crippen LogP contribution in [-0.4, -0.2) is 42.4 Å². The third-order valence-corrected chi connectivity index (χ3v) is 4.73. The van der Waals surface area contributed by atoms with Gasteiger partial charge in [0.1, 0.15) is 18.5 Å². The highest BCUT2D eigenvalue weighted by Gasteiger charge is 2.21. The molecule has 0 spiro atoms. The lowest BCUT2D eigenvalue weighted by Crippen LogP contribution is -2.41. The molecule has 3 heteroatoms. The molecular formula is C21H27NO2. The average molecular weight is 325 g/mol. The second-order valence-corrected chi connectivity index (χ2v) is 6.71. The molecule has 0 aliphatic carbocycles. The minimum atomic E-state index is -0.434. The Kier molecular flexibility index (Phi) is 6.27. The molecule has 1 saturated heterocycles. The number of rotatable bonds is 7. The van der Waals surface area contributed by atoms with Crippen molar-refractivity contribution in [3.8, 4) is 5.75 Å². The van der Waals surface area contributed by atoms with Gasteiger partial charge in [0, 0.05) is 6.54 Å². The molecule has 1 N–H and O–H groups in total. The largest absolute Gasteiger partial charge is 0.491 e. The predicted molar refractivity (Wildman–Crippen MR) is 97.3 cm³/mol. The zero-order valence-corrected chi connectivity index (χ0v) is 14.2. The third kappa shape index (κ3) is 5.36. The van der Waals surface area contributed by atoms with Gasteiger partial charge in [-0.3, -0.25) is 0 Å². The Labute approximate surface area is 144 Å². The minimum absolute atomic E-state index is 0.355. The van der Waals surface area contributed by atoms with E-state index in [9.17, 15) is 5.11 Å². The van der Waals surface area contributed by atoms with E-state index in [1.165, 1.54) is 24.8 Å². The fraction of sp³-hybridized carbons (Fsp3) is 0.429. The smallest absolute Gasteiger partial charge is 0.119 e. The van der Waals surface area contributed by atoms with E-state index in [0.29, 0.717) is 13.2 Å². The first kappa shape index (κ1) is 17.0. The van der Waals surface area contributed by atoms with E-state index in [1.807, 2.05) is 30.3 Å². The maximum atomic E-state index is 10.2. The van der Waals surface area contributed by atoms with E-state index in [1.54, 1.807) is 0 Å². The average Bonchev–Trinajstić information content (AvgIpc) is 2.63. The molecule has 1 fully saturated rings. The van der Waals surface area contributed by atoms with Gasteiger partial charge in [0.2, 0.25) is 0 Å². The van der Waals surface area contributed by atoms with Crippen LogP contribution in [0.4, 0.5) is 0 Å². The molecule has 1 atom stereocenters. The fourth-order valence-electron chi connectivity index (χ4n) is 3.38. The maximum Gasteiger partial charge on any atom is 0.119 e. The Balaban J connectivity index is 1.36. The molecular weight excluding hydrogens is 298 g/mol. The van der Waals surface area contributed by atoms with Crippen LogP contribution >= 0.6 is 0 Å². The van der Waals surface area contributed by atoms with Crippen molar-refractivity contribution in [1.29, 1.82) is 0 Å². The molecule has 0 amide bonds. The van der Waals surface area contributed by atoms with Crippen LogP contribution in [0.2, 0.25) is 0 Å². The summed E-state index contributed by atoms with van der Waals surface area (Å²) in [4.78, 5) is 2.36. The first-order valence-corrected chi connectivity index (χ1v) is 8.92. The van der Waals surface area contributed by atoms with Gasteiger partial charge in [0.25, 0.3) is 0 Å². The summed E-state index contributed by atoms with van der Waals surface area (Å²) in [5.41, 5.74) is 1.44. The number of benzene rings is 2. The van der Waals surface area contributed by atoms with E-state index in [2.05, 4.69) is 35.2 Å². The molecule has 3 nitrogen and oxygen atoms in total. The number of aliphatic hydroxyl groups is 1. The standard InChI is InChI=1S/C21H27NO2/c23-20(17-24-21-9-5-2-6-10-21)16-22-13-11-19(12-14-22)15-18-7-3-1-4-8-18/h1-10,19-20,23H,11-17H2/t20-/m0/s1. The zero-order valence-electron chi connectivity index (χ0n) is 14.2. The highest BCUT2D eigenvalue weighted by molar-refractivity contribution is 5.20. The van der Waals surface area contributed by atoms with Gasteiger partial charge >= 0.3 is 0 Å². The lowest BCUT2D eigenvalue weighted by atomic mass is 9.90. The van der Waals surface area contributed by atoms with E-state index in [4.69, 9.17) is 4.74 Å². The number of para-hydroxylation sites is 1. The summed E-state index contributed by atoms with van der Waals surface area (Å²) in [7, 11) is 0. The lowest BCUT2D eigenvalue weighted by Gasteiger charge is -2.33. The number of piperidine rings is 1. The Hall–Kier alpha value is -1.84.